The van der Waals surface area contributed by atoms with Crippen LogP contribution in [0, 0.1) is 11.8 Å². The standard InChI is InChI=1S/C32H34O8S2/c1-17(31(35)36)9-23(33)29-13-21-11-19(25(39-3)15-27(21)41-29)7-5-6-8-20-12-22-14-30(24(34)10-18(2)32(37)38)42-28(22)16-26(20)40-4/h11-18H,5-10H2,1-4H3,(H,35,36)(H,37,38)/t17-,18-/m0/s1. The first-order valence-electron chi connectivity index (χ1n) is 13.7. The Kier molecular flexibility index (Phi) is 10.0. The Morgan fingerprint density at radius 2 is 1.05 bits per heavy atom. The van der Waals surface area contributed by atoms with E-state index in [1.807, 2.05) is 36.4 Å². The summed E-state index contributed by atoms with van der Waals surface area (Å²) in [5, 5.41) is 20.1. The Balaban J connectivity index is 1.43. The molecule has 4 rings (SSSR count). The number of Topliss-reactive ketones (excluding diaryl/α,β-unsaturated/α-hetero) is 2. The lowest BCUT2D eigenvalue weighted by molar-refractivity contribution is -0.141. The normalized spacial score (nSPS) is 12.8. The maximum Gasteiger partial charge on any atom is 0.306 e. The number of carboxylic acid groups (broad SMARTS) is 2. The molecule has 0 amide bonds. The lowest BCUT2D eigenvalue weighted by atomic mass is 10.00. The van der Waals surface area contributed by atoms with Crippen LogP contribution in [0.4, 0.5) is 0 Å². The fraction of sp³-hybridized carbons (Fsp3) is 0.375. The van der Waals surface area contributed by atoms with Crippen molar-refractivity contribution >= 4 is 66.4 Å². The first-order chi connectivity index (χ1) is 20.0. The van der Waals surface area contributed by atoms with Crippen molar-refractivity contribution in [2.45, 2.75) is 52.4 Å². The zero-order valence-electron chi connectivity index (χ0n) is 24.0. The van der Waals surface area contributed by atoms with E-state index < -0.39 is 23.8 Å². The van der Waals surface area contributed by atoms with Gasteiger partial charge < -0.3 is 19.7 Å². The van der Waals surface area contributed by atoms with Gasteiger partial charge in [0.25, 0.3) is 0 Å². The van der Waals surface area contributed by atoms with E-state index in [4.69, 9.17) is 19.7 Å². The van der Waals surface area contributed by atoms with Crippen LogP contribution in [0.5, 0.6) is 11.5 Å². The SMILES string of the molecule is COc1cc2sc(C(=O)C[C@H](C)C(=O)O)cc2cc1CCCCc1cc2cc(C(=O)C[C@H](C)C(=O)O)sc2cc1OC. The van der Waals surface area contributed by atoms with E-state index in [0.717, 1.165) is 68.5 Å². The van der Waals surface area contributed by atoms with Crippen LogP contribution < -0.4 is 9.47 Å². The second-order valence-electron chi connectivity index (χ2n) is 10.6. The molecule has 2 atom stereocenters. The number of rotatable bonds is 15. The third-order valence-electron chi connectivity index (χ3n) is 7.36. The highest BCUT2D eigenvalue weighted by atomic mass is 32.1. The molecule has 0 aliphatic carbocycles. The van der Waals surface area contributed by atoms with E-state index in [1.165, 1.54) is 36.5 Å². The van der Waals surface area contributed by atoms with Gasteiger partial charge in [-0.1, -0.05) is 13.8 Å². The molecule has 222 valence electrons. The van der Waals surface area contributed by atoms with Crippen molar-refractivity contribution in [3.8, 4) is 11.5 Å². The zero-order chi connectivity index (χ0) is 30.6. The minimum Gasteiger partial charge on any atom is -0.496 e. The summed E-state index contributed by atoms with van der Waals surface area (Å²) in [7, 11) is 3.25. The molecule has 2 heterocycles. The quantitative estimate of drug-likeness (QED) is 0.106. The highest BCUT2D eigenvalue weighted by Gasteiger charge is 2.21. The maximum atomic E-state index is 12.6. The molecule has 0 saturated carbocycles. The van der Waals surface area contributed by atoms with Crippen molar-refractivity contribution in [1.29, 1.82) is 0 Å². The Morgan fingerprint density at radius 3 is 1.38 bits per heavy atom. The number of hydrogen-bond donors (Lipinski definition) is 2. The van der Waals surface area contributed by atoms with Crippen LogP contribution in [0.1, 0.15) is 70.0 Å². The van der Waals surface area contributed by atoms with Gasteiger partial charge in [0.15, 0.2) is 11.6 Å². The van der Waals surface area contributed by atoms with Gasteiger partial charge >= 0.3 is 11.9 Å². The van der Waals surface area contributed by atoms with Gasteiger partial charge in [-0.3, -0.25) is 19.2 Å². The lowest BCUT2D eigenvalue weighted by Crippen LogP contribution is -2.13. The summed E-state index contributed by atoms with van der Waals surface area (Å²) >= 11 is 2.71. The van der Waals surface area contributed by atoms with Crippen LogP contribution in [-0.2, 0) is 22.4 Å². The number of carbonyl (C=O) groups is 4. The van der Waals surface area contributed by atoms with Crippen molar-refractivity contribution < 1.29 is 38.9 Å². The molecule has 0 spiro atoms. The highest BCUT2D eigenvalue weighted by molar-refractivity contribution is 7.21. The number of hydrogen-bond acceptors (Lipinski definition) is 8. The number of carboxylic acids is 2. The Hall–Kier alpha value is -3.76. The molecular formula is C32H34O8S2. The van der Waals surface area contributed by atoms with Gasteiger partial charge in [0.1, 0.15) is 11.5 Å². The van der Waals surface area contributed by atoms with Crippen molar-refractivity contribution in [2.24, 2.45) is 11.8 Å². The third-order valence-corrected chi connectivity index (χ3v) is 9.63. The number of unbranched alkanes of at least 4 members (excludes halogenated alkanes) is 1. The number of ether oxygens (including phenoxy) is 2. The largest absolute Gasteiger partial charge is 0.496 e. The lowest BCUT2D eigenvalue weighted by Gasteiger charge is -2.11. The van der Waals surface area contributed by atoms with Gasteiger partial charge in [-0.25, -0.2) is 0 Å². The summed E-state index contributed by atoms with van der Waals surface area (Å²) in [5.41, 5.74) is 2.08. The van der Waals surface area contributed by atoms with Crippen molar-refractivity contribution in [2.75, 3.05) is 14.2 Å². The second-order valence-corrected chi connectivity index (χ2v) is 12.7. The molecule has 0 bridgehead atoms. The van der Waals surface area contributed by atoms with Gasteiger partial charge in [0.2, 0.25) is 0 Å². The van der Waals surface area contributed by atoms with Crippen LogP contribution in [0.2, 0.25) is 0 Å². The van der Waals surface area contributed by atoms with Crippen molar-refractivity contribution in [3.63, 3.8) is 0 Å². The minimum atomic E-state index is -0.983. The molecular weight excluding hydrogens is 576 g/mol. The monoisotopic (exact) mass is 610 g/mol. The molecule has 0 radical (unpaired) electrons. The smallest absolute Gasteiger partial charge is 0.306 e. The Morgan fingerprint density at radius 1 is 0.667 bits per heavy atom. The predicted octanol–water partition coefficient (Wildman–Crippen LogP) is 7.29. The van der Waals surface area contributed by atoms with E-state index in [0.29, 0.717) is 9.75 Å². The maximum absolute atomic E-state index is 12.6. The molecule has 0 aliphatic heterocycles. The van der Waals surface area contributed by atoms with Crippen molar-refractivity contribution in [1.82, 2.24) is 0 Å². The molecule has 4 aromatic rings. The molecule has 0 fully saturated rings. The van der Waals surface area contributed by atoms with E-state index in [1.54, 1.807) is 14.2 Å². The molecule has 42 heavy (non-hydrogen) atoms. The van der Waals surface area contributed by atoms with Gasteiger partial charge in [0, 0.05) is 22.2 Å². The molecule has 2 aromatic heterocycles. The number of methoxy groups -OCH3 is 2. The van der Waals surface area contributed by atoms with E-state index in [-0.39, 0.29) is 24.4 Å². The first-order valence-corrected chi connectivity index (χ1v) is 15.4. The van der Waals surface area contributed by atoms with E-state index in [2.05, 4.69) is 0 Å². The Bertz CT molecular complexity index is 1530. The number of benzene rings is 2. The van der Waals surface area contributed by atoms with Crippen LogP contribution in [0.25, 0.3) is 20.2 Å². The molecule has 10 heteroatoms. The average molecular weight is 611 g/mol. The molecule has 0 aliphatic rings. The van der Waals surface area contributed by atoms with Gasteiger partial charge in [0.05, 0.1) is 35.8 Å². The van der Waals surface area contributed by atoms with Crippen LogP contribution in [0.15, 0.2) is 36.4 Å². The van der Waals surface area contributed by atoms with Crippen LogP contribution in [0.3, 0.4) is 0 Å². The minimum absolute atomic E-state index is 0.0334. The van der Waals surface area contributed by atoms with Gasteiger partial charge in [-0.15, -0.1) is 22.7 Å². The fourth-order valence-electron chi connectivity index (χ4n) is 4.84. The number of carbonyl (C=O) groups excluding carboxylic acids is 2. The van der Waals surface area contributed by atoms with Crippen molar-refractivity contribution in [3.05, 3.63) is 57.3 Å². The van der Waals surface area contributed by atoms with Gasteiger partial charge in [-0.2, -0.15) is 0 Å². The van der Waals surface area contributed by atoms with E-state index in [9.17, 15) is 19.2 Å². The highest BCUT2D eigenvalue weighted by Crippen LogP contribution is 2.36. The summed E-state index contributed by atoms with van der Waals surface area (Å²) in [5.74, 6) is -2.26. The summed E-state index contributed by atoms with van der Waals surface area (Å²) in [6, 6.07) is 11.6. The topological polar surface area (TPSA) is 127 Å². The molecule has 0 saturated heterocycles. The molecule has 2 aromatic carbocycles. The molecule has 8 nitrogen and oxygen atoms in total. The molecule has 0 unspecified atom stereocenters. The predicted molar refractivity (Wildman–Crippen MR) is 165 cm³/mol. The van der Waals surface area contributed by atoms with E-state index >= 15 is 0 Å². The number of aryl methyl sites for hydroxylation is 2. The first kappa shape index (κ1) is 31.2. The summed E-state index contributed by atoms with van der Waals surface area (Å²) < 4.78 is 13.1. The third kappa shape index (κ3) is 7.17. The van der Waals surface area contributed by atoms with Crippen LogP contribution >= 0.6 is 22.7 Å². The number of fused-ring (bicyclic) bond motifs is 2. The fourth-order valence-corrected chi connectivity index (χ4v) is 6.88. The van der Waals surface area contributed by atoms with Crippen LogP contribution in [-0.4, -0.2) is 47.9 Å². The number of aliphatic carboxylic acids is 2. The second kappa shape index (κ2) is 13.5. The summed E-state index contributed by atoms with van der Waals surface area (Å²) in [6.07, 6.45) is 3.25. The summed E-state index contributed by atoms with van der Waals surface area (Å²) in [4.78, 5) is 48.6. The van der Waals surface area contributed by atoms with Gasteiger partial charge in [-0.05, 0) is 84.0 Å². The average Bonchev–Trinajstić information content (AvgIpc) is 3.57. The summed E-state index contributed by atoms with van der Waals surface area (Å²) in [6.45, 7) is 3.07. The zero-order valence-corrected chi connectivity index (χ0v) is 25.7. The Labute approximate surface area is 251 Å². The molecule has 2 N–H and O–H groups in total. The number of ketones is 2. The number of thiophene rings is 2.